The van der Waals surface area contributed by atoms with Gasteiger partial charge >= 0.3 is 0 Å². The minimum atomic E-state index is -1.81. The van der Waals surface area contributed by atoms with Crippen LogP contribution in [0.2, 0.25) is 0 Å². The lowest BCUT2D eigenvalue weighted by atomic mass is 10.3. The van der Waals surface area contributed by atoms with Crippen molar-refractivity contribution in [3.63, 3.8) is 0 Å². The molecule has 7 heteroatoms. The van der Waals surface area contributed by atoms with Crippen LogP contribution < -0.4 is 5.73 Å². The van der Waals surface area contributed by atoms with E-state index in [4.69, 9.17) is 5.73 Å². The molecule has 0 radical (unpaired) electrons. The van der Waals surface area contributed by atoms with Crippen molar-refractivity contribution in [1.82, 2.24) is 4.98 Å². The van der Waals surface area contributed by atoms with Gasteiger partial charge in [-0.25, -0.2) is 13.8 Å². The molecular weight excluding hydrogens is 278 g/mol. The van der Waals surface area contributed by atoms with Gasteiger partial charge in [0.25, 0.3) is 0 Å². The summed E-state index contributed by atoms with van der Waals surface area (Å²) in [6.07, 6.45) is 0. The summed E-state index contributed by atoms with van der Waals surface area (Å²) in [6, 6.07) is 1.92. The number of hydrogen-bond acceptors (Lipinski definition) is 4. The van der Waals surface area contributed by atoms with Gasteiger partial charge in [0.2, 0.25) is 0 Å². The molecule has 0 saturated heterocycles. The Morgan fingerprint density at radius 3 is 2.50 bits per heavy atom. The summed E-state index contributed by atoms with van der Waals surface area (Å²) in [5.41, 5.74) is 6.06. The molecule has 2 aromatic rings. The Labute approximate surface area is 109 Å². The van der Waals surface area contributed by atoms with E-state index in [1.54, 1.807) is 12.3 Å². The largest absolute Gasteiger partial charge is 0.399 e. The number of nitrogens with zero attached hydrogens (tertiary/aromatic N) is 1. The molecule has 0 aliphatic rings. The van der Waals surface area contributed by atoms with Crippen LogP contribution in [0.25, 0.3) is 0 Å². The third-order valence-electron chi connectivity index (χ3n) is 2.17. The van der Waals surface area contributed by atoms with Gasteiger partial charge in [-0.1, -0.05) is 0 Å². The van der Waals surface area contributed by atoms with E-state index in [0.29, 0.717) is 5.01 Å². The normalized spacial score (nSPS) is 12.6. The van der Waals surface area contributed by atoms with Crippen molar-refractivity contribution in [2.45, 2.75) is 17.6 Å². The van der Waals surface area contributed by atoms with Crippen molar-refractivity contribution < 1.29 is 13.0 Å². The topological polar surface area (TPSA) is 56.0 Å². The number of nitrogens with two attached hydrogens (primary N) is 1. The third kappa shape index (κ3) is 2.73. The maximum Gasteiger partial charge on any atom is 0.144 e. The maximum absolute atomic E-state index is 13.5. The number of rotatable bonds is 3. The van der Waals surface area contributed by atoms with Gasteiger partial charge < -0.3 is 5.73 Å². The lowest BCUT2D eigenvalue weighted by Gasteiger charge is -2.05. The molecule has 0 aliphatic carbocycles. The third-order valence-corrected chi connectivity index (χ3v) is 4.70. The highest BCUT2D eigenvalue weighted by Gasteiger charge is 2.18. The zero-order valence-electron chi connectivity index (χ0n) is 9.44. The molecule has 3 nitrogen and oxygen atoms in total. The first-order valence-electron chi connectivity index (χ1n) is 5.01. The molecule has 0 bridgehead atoms. The molecule has 0 aliphatic heterocycles. The van der Waals surface area contributed by atoms with Crippen LogP contribution in [0.3, 0.4) is 0 Å². The second-order valence-electron chi connectivity index (χ2n) is 3.69. The SMILES string of the molecule is Cc1csc(CS(=O)c2c(F)cc(N)cc2F)n1. The second kappa shape index (κ2) is 5.11. The standard InChI is InChI=1S/C11H10F2N2OS2/c1-6-4-17-10(15-6)5-18(16)11-8(12)2-7(14)3-9(11)13/h2-4H,5,14H2,1H3. The first kappa shape index (κ1) is 13.1. The number of aryl methyl sites for hydroxylation is 1. The molecule has 1 aromatic heterocycles. The summed E-state index contributed by atoms with van der Waals surface area (Å²) in [5.74, 6) is -1.78. The first-order chi connectivity index (χ1) is 8.47. The van der Waals surface area contributed by atoms with Crippen molar-refractivity contribution in [2.24, 2.45) is 0 Å². The Balaban J connectivity index is 2.29. The molecular formula is C11H10F2N2OS2. The fourth-order valence-corrected chi connectivity index (χ4v) is 3.59. The molecule has 96 valence electrons. The van der Waals surface area contributed by atoms with Gasteiger partial charge in [0.1, 0.15) is 21.5 Å². The van der Waals surface area contributed by atoms with Crippen LogP contribution in [0.1, 0.15) is 10.7 Å². The molecule has 18 heavy (non-hydrogen) atoms. The van der Waals surface area contributed by atoms with Gasteiger partial charge in [-0.2, -0.15) is 0 Å². The Kier molecular flexibility index (Phi) is 3.72. The molecule has 0 fully saturated rings. The van der Waals surface area contributed by atoms with Crippen LogP contribution in [0, 0.1) is 18.6 Å². The lowest BCUT2D eigenvalue weighted by molar-refractivity contribution is 0.535. The highest BCUT2D eigenvalue weighted by atomic mass is 32.2. The number of aromatic nitrogens is 1. The lowest BCUT2D eigenvalue weighted by Crippen LogP contribution is -2.04. The molecule has 0 saturated carbocycles. The molecule has 1 atom stereocenters. The van der Waals surface area contributed by atoms with Crippen molar-refractivity contribution in [3.8, 4) is 0 Å². The predicted octanol–water partition coefficient (Wildman–Crippen LogP) is 2.62. The van der Waals surface area contributed by atoms with Gasteiger partial charge in [-0.15, -0.1) is 11.3 Å². The summed E-state index contributed by atoms with van der Waals surface area (Å²) in [4.78, 5) is 3.66. The summed E-state index contributed by atoms with van der Waals surface area (Å²) in [5, 5.41) is 2.38. The predicted molar refractivity (Wildman–Crippen MR) is 67.7 cm³/mol. The average molecular weight is 288 g/mol. The number of benzene rings is 1. The van der Waals surface area contributed by atoms with E-state index in [-0.39, 0.29) is 11.4 Å². The molecule has 1 aromatic carbocycles. The zero-order chi connectivity index (χ0) is 13.3. The van der Waals surface area contributed by atoms with Crippen molar-refractivity contribution in [3.05, 3.63) is 39.8 Å². The molecule has 0 spiro atoms. The van der Waals surface area contributed by atoms with E-state index in [9.17, 15) is 13.0 Å². The van der Waals surface area contributed by atoms with Gasteiger partial charge in [0.05, 0.1) is 16.6 Å². The Morgan fingerprint density at radius 2 is 2.00 bits per heavy atom. The van der Waals surface area contributed by atoms with Crippen molar-refractivity contribution >= 4 is 27.8 Å². The Bertz CT molecular complexity index is 590. The van der Waals surface area contributed by atoms with Gasteiger partial charge in [0.15, 0.2) is 0 Å². The molecule has 1 unspecified atom stereocenters. The second-order valence-corrected chi connectivity index (χ2v) is 6.02. The number of hydrogen-bond donors (Lipinski definition) is 1. The van der Waals surface area contributed by atoms with Crippen LogP contribution in [0.15, 0.2) is 22.4 Å². The van der Waals surface area contributed by atoms with Crippen LogP contribution in [0.5, 0.6) is 0 Å². The molecule has 2 N–H and O–H groups in total. The number of thiazole rings is 1. The zero-order valence-corrected chi connectivity index (χ0v) is 11.1. The summed E-state index contributed by atoms with van der Waals surface area (Å²) in [6.45, 7) is 1.80. The van der Waals surface area contributed by atoms with E-state index in [0.717, 1.165) is 17.8 Å². The first-order valence-corrected chi connectivity index (χ1v) is 7.21. The van der Waals surface area contributed by atoms with Crippen LogP contribution >= 0.6 is 11.3 Å². The van der Waals surface area contributed by atoms with Crippen LogP contribution in [-0.4, -0.2) is 9.19 Å². The number of nitrogen functional groups attached to an aromatic ring is 1. The fraction of sp³-hybridized carbons (Fsp3) is 0.182. The van der Waals surface area contributed by atoms with Crippen molar-refractivity contribution in [1.29, 1.82) is 0 Å². The van der Waals surface area contributed by atoms with Gasteiger partial charge in [-0.05, 0) is 19.1 Å². The summed E-state index contributed by atoms with van der Waals surface area (Å²) >= 11 is 1.31. The van der Waals surface area contributed by atoms with Crippen LogP contribution in [0.4, 0.5) is 14.5 Å². The number of anilines is 1. The Morgan fingerprint density at radius 1 is 1.39 bits per heavy atom. The maximum atomic E-state index is 13.5. The minimum absolute atomic E-state index is 0.00371. The molecule has 2 rings (SSSR count). The average Bonchev–Trinajstić information content (AvgIpc) is 2.62. The quantitative estimate of drug-likeness (QED) is 0.883. The minimum Gasteiger partial charge on any atom is -0.399 e. The van der Waals surface area contributed by atoms with E-state index < -0.39 is 27.3 Å². The van der Waals surface area contributed by atoms with Gasteiger partial charge in [0, 0.05) is 16.8 Å². The van der Waals surface area contributed by atoms with E-state index in [1.807, 2.05) is 0 Å². The monoisotopic (exact) mass is 288 g/mol. The van der Waals surface area contributed by atoms with E-state index in [2.05, 4.69) is 4.98 Å². The van der Waals surface area contributed by atoms with E-state index in [1.165, 1.54) is 11.3 Å². The summed E-state index contributed by atoms with van der Waals surface area (Å²) < 4.78 is 39.0. The fourth-order valence-electron chi connectivity index (χ4n) is 1.45. The van der Waals surface area contributed by atoms with Crippen LogP contribution in [-0.2, 0) is 16.6 Å². The molecule has 1 heterocycles. The highest BCUT2D eigenvalue weighted by Crippen LogP contribution is 2.23. The smallest absolute Gasteiger partial charge is 0.144 e. The van der Waals surface area contributed by atoms with Gasteiger partial charge in [-0.3, -0.25) is 4.21 Å². The van der Waals surface area contributed by atoms with Crippen molar-refractivity contribution in [2.75, 3.05) is 5.73 Å². The van der Waals surface area contributed by atoms with E-state index >= 15 is 0 Å². The molecule has 0 amide bonds. The highest BCUT2D eigenvalue weighted by molar-refractivity contribution is 7.84. The number of halogens is 2. The Hall–Kier alpha value is -1.34. The summed E-state index contributed by atoms with van der Waals surface area (Å²) in [7, 11) is -1.81.